The predicted octanol–water partition coefficient (Wildman–Crippen LogP) is 3.19. The monoisotopic (exact) mass is 281 g/mol. The highest BCUT2D eigenvalue weighted by atomic mass is 32.1. The summed E-state index contributed by atoms with van der Waals surface area (Å²) >= 11 is 1.83. The van der Waals surface area contributed by atoms with Crippen molar-refractivity contribution in [1.82, 2.24) is 15.2 Å². The molecule has 0 radical (unpaired) electrons. The summed E-state index contributed by atoms with van der Waals surface area (Å²) in [6, 6.07) is 0.621. The Hall–Kier alpha value is -0.450. The summed E-state index contributed by atoms with van der Waals surface area (Å²) in [6.07, 6.45) is 2.33. The normalized spacial score (nSPS) is 28.4. The fourth-order valence-corrected chi connectivity index (χ4v) is 3.96. The van der Waals surface area contributed by atoms with Crippen LogP contribution in [0.3, 0.4) is 0 Å². The maximum Gasteiger partial charge on any atom is 0.114 e. The Labute approximate surface area is 121 Å². The summed E-state index contributed by atoms with van der Waals surface area (Å²) in [5.74, 6) is 0.518. The molecule has 1 N–H and O–H groups in total. The van der Waals surface area contributed by atoms with Gasteiger partial charge in [-0.1, -0.05) is 20.8 Å². The van der Waals surface area contributed by atoms with Gasteiger partial charge in [0.05, 0.1) is 11.2 Å². The molecule has 2 rings (SSSR count). The SMILES string of the molecule is CCCNC1(c2nc(C(C)C)cs2)CC(C)N(C)C1. The van der Waals surface area contributed by atoms with Gasteiger partial charge in [0.2, 0.25) is 0 Å². The molecule has 0 saturated carbocycles. The van der Waals surface area contributed by atoms with E-state index >= 15 is 0 Å². The Kier molecular flexibility index (Phi) is 4.64. The van der Waals surface area contributed by atoms with Crippen LogP contribution in [0.5, 0.6) is 0 Å². The number of thiazole rings is 1. The van der Waals surface area contributed by atoms with Gasteiger partial charge in [0, 0.05) is 18.0 Å². The number of hydrogen-bond acceptors (Lipinski definition) is 4. The standard InChI is InChI=1S/C15H27N3S/c1-6-7-16-15(8-12(4)18(5)10-15)14-17-13(9-19-14)11(2)3/h9,11-12,16H,6-8,10H2,1-5H3. The number of hydrogen-bond donors (Lipinski definition) is 1. The van der Waals surface area contributed by atoms with Crippen LogP contribution in [0.15, 0.2) is 5.38 Å². The van der Waals surface area contributed by atoms with E-state index in [0.29, 0.717) is 12.0 Å². The molecule has 2 heterocycles. The summed E-state index contributed by atoms with van der Waals surface area (Å²) in [7, 11) is 2.22. The number of aromatic nitrogens is 1. The van der Waals surface area contributed by atoms with Crippen LogP contribution in [-0.2, 0) is 5.54 Å². The van der Waals surface area contributed by atoms with Gasteiger partial charge in [0.15, 0.2) is 0 Å². The second kappa shape index (κ2) is 5.90. The van der Waals surface area contributed by atoms with E-state index in [1.807, 2.05) is 11.3 Å². The van der Waals surface area contributed by atoms with Crippen LogP contribution in [0.2, 0.25) is 0 Å². The topological polar surface area (TPSA) is 28.2 Å². The molecule has 4 heteroatoms. The van der Waals surface area contributed by atoms with Gasteiger partial charge in [-0.2, -0.15) is 0 Å². The number of rotatable bonds is 5. The first-order valence-electron chi connectivity index (χ1n) is 7.39. The second-order valence-corrected chi connectivity index (χ2v) is 7.07. The smallest absolute Gasteiger partial charge is 0.114 e. The van der Waals surface area contributed by atoms with E-state index in [2.05, 4.69) is 50.3 Å². The van der Waals surface area contributed by atoms with E-state index in [9.17, 15) is 0 Å². The highest BCUT2D eigenvalue weighted by Crippen LogP contribution is 2.37. The molecule has 0 aliphatic carbocycles. The molecule has 1 aliphatic rings. The van der Waals surface area contributed by atoms with Gasteiger partial charge in [-0.15, -0.1) is 11.3 Å². The Balaban J connectivity index is 2.26. The third-order valence-electron chi connectivity index (χ3n) is 4.15. The molecule has 0 amide bonds. The van der Waals surface area contributed by atoms with Crippen molar-refractivity contribution in [3.05, 3.63) is 16.1 Å². The van der Waals surface area contributed by atoms with Gasteiger partial charge in [-0.05, 0) is 39.3 Å². The van der Waals surface area contributed by atoms with Gasteiger partial charge < -0.3 is 10.2 Å². The lowest BCUT2D eigenvalue weighted by atomic mass is 9.96. The lowest BCUT2D eigenvalue weighted by Crippen LogP contribution is -2.44. The lowest BCUT2D eigenvalue weighted by Gasteiger charge is -2.28. The average Bonchev–Trinajstić information content (AvgIpc) is 2.94. The molecule has 1 aromatic heterocycles. The molecule has 1 fully saturated rings. The van der Waals surface area contributed by atoms with Crippen molar-refractivity contribution in [2.75, 3.05) is 20.1 Å². The minimum Gasteiger partial charge on any atom is -0.304 e. The maximum absolute atomic E-state index is 4.92. The highest BCUT2D eigenvalue weighted by molar-refractivity contribution is 7.09. The van der Waals surface area contributed by atoms with Crippen molar-refractivity contribution < 1.29 is 0 Å². The summed E-state index contributed by atoms with van der Waals surface area (Å²) in [4.78, 5) is 7.36. The quantitative estimate of drug-likeness (QED) is 0.898. The first kappa shape index (κ1) is 14.9. The number of likely N-dealkylation sites (tertiary alicyclic amines) is 1. The van der Waals surface area contributed by atoms with Gasteiger partial charge in [-0.3, -0.25) is 0 Å². The Morgan fingerprint density at radius 1 is 1.58 bits per heavy atom. The van der Waals surface area contributed by atoms with E-state index in [1.54, 1.807) is 0 Å². The van der Waals surface area contributed by atoms with Crippen LogP contribution in [0.4, 0.5) is 0 Å². The van der Waals surface area contributed by atoms with Gasteiger partial charge >= 0.3 is 0 Å². The molecule has 108 valence electrons. The molecule has 1 aliphatic heterocycles. The summed E-state index contributed by atoms with van der Waals surface area (Å²) in [5.41, 5.74) is 1.31. The first-order valence-corrected chi connectivity index (χ1v) is 8.27. The van der Waals surface area contributed by atoms with E-state index in [1.165, 1.54) is 17.1 Å². The van der Waals surface area contributed by atoms with E-state index < -0.39 is 0 Å². The highest BCUT2D eigenvalue weighted by Gasteiger charge is 2.43. The Bertz CT molecular complexity index is 403. The Morgan fingerprint density at radius 2 is 2.32 bits per heavy atom. The zero-order valence-corrected chi connectivity index (χ0v) is 13.7. The predicted molar refractivity (Wildman–Crippen MR) is 82.9 cm³/mol. The summed E-state index contributed by atoms with van der Waals surface area (Å²) in [5, 5.41) is 7.29. The zero-order chi connectivity index (χ0) is 14.0. The maximum atomic E-state index is 4.92. The number of likely N-dealkylation sites (N-methyl/N-ethyl adjacent to an activating group) is 1. The van der Waals surface area contributed by atoms with Gasteiger partial charge in [-0.25, -0.2) is 4.98 Å². The van der Waals surface area contributed by atoms with Crippen LogP contribution in [0, 0.1) is 0 Å². The van der Waals surface area contributed by atoms with Crippen LogP contribution in [-0.4, -0.2) is 36.1 Å². The van der Waals surface area contributed by atoms with Crippen LogP contribution in [0.25, 0.3) is 0 Å². The molecular weight excluding hydrogens is 254 g/mol. The third-order valence-corrected chi connectivity index (χ3v) is 5.22. The molecule has 19 heavy (non-hydrogen) atoms. The van der Waals surface area contributed by atoms with E-state index in [-0.39, 0.29) is 5.54 Å². The number of nitrogens with zero attached hydrogens (tertiary/aromatic N) is 2. The van der Waals surface area contributed by atoms with E-state index in [4.69, 9.17) is 4.98 Å². The van der Waals surface area contributed by atoms with Crippen LogP contribution >= 0.6 is 11.3 Å². The molecule has 0 aromatic carbocycles. The minimum atomic E-state index is 0.0714. The minimum absolute atomic E-state index is 0.0714. The fourth-order valence-electron chi connectivity index (χ4n) is 2.80. The second-order valence-electron chi connectivity index (χ2n) is 6.21. The van der Waals surface area contributed by atoms with Gasteiger partial charge in [0.25, 0.3) is 0 Å². The Morgan fingerprint density at radius 3 is 2.79 bits per heavy atom. The molecule has 2 atom stereocenters. The van der Waals surface area contributed by atoms with Crippen molar-refractivity contribution >= 4 is 11.3 Å². The molecule has 1 aromatic rings. The molecule has 3 nitrogen and oxygen atoms in total. The lowest BCUT2D eigenvalue weighted by molar-refractivity contribution is 0.299. The van der Waals surface area contributed by atoms with Crippen molar-refractivity contribution in [3.8, 4) is 0 Å². The van der Waals surface area contributed by atoms with Gasteiger partial charge in [0.1, 0.15) is 5.01 Å². The summed E-state index contributed by atoms with van der Waals surface area (Å²) in [6.45, 7) is 11.1. The molecule has 2 unspecified atom stereocenters. The summed E-state index contributed by atoms with van der Waals surface area (Å²) < 4.78 is 0. The molecule has 0 spiro atoms. The van der Waals surface area contributed by atoms with Crippen molar-refractivity contribution in [1.29, 1.82) is 0 Å². The van der Waals surface area contributed by atoms with Crippen LogP contribution in [0.1, 0.15) is 57.2 Å². The fraction of sp³-hybridized carbons (Fsp3) is 0.800. The third kappa shape index (κ3) is 3.01. The molecule has 1 saturated heterocycles. The molecular formula is C15H27N3S. The van der Waals surface area contributed by atoms with Crippen molar-refractivity contribution in [2.45, 2.75) is 58.0 Å². The largest absolute Gasteiger partial charge is 0.304 e. The van der Waals surface area contributed by atoms with Crippen LogP contribution < -0.4 is 5.32 Å². The molecule has 0 bridgehead atoms. The number of nitrogens with one attached hydrogen (secondary N) is 1. The van der Waals surface area contributed by atoms with E-state index in [0.717, 1.165) is 19.5 Å². The van der Waals surface area contributed by atoms with Crippen molar-refractivity contribution in [2.24, 2.45) is 0 Å². The first-order chi connectivity index (χ1) is 8.98. The van der Waals surface area contributed by atoms with Crippen molar-refractivity contribution in [3.63, 3.8) is 0 Å². The average molecular weight is 281 g/mol. The zero-order valence-electron chi connectivity index (χ0n) is 12.9.